The van der Waals surface area contributed by atoms with E-state index >= 15 is 0 Å². The minimum Gasteiger partial charge on any atom is -0.481 e. The summed E-state index contributed by atoms with van der Waals surface area (Å²) in [5.74, 6) is 1.55. The first-order chi connectivity index (χ1) is 6.11. The molecule has 72 valence electrons. The lowest BCUT2D eigenvalue weighted by Gasteiger charge is -2.10. The molecule has 0 aromatic rings. The Morgan fingerprint density at radius 3 is 2.69 bits per heavy atom. The van der Waals surface area contributed by atoms with Crippen LogP contribution in [0, 0.1) is 24.2 Å². The fourth-order valence-corrected chi connectivity index (χ4v) is 1.04. The first kappa shape index (κ1) is 11.8. The van der Waals surface area contributed by atoms with Gasteiger partial charge < -0.3 is 5.11 Å². The summed E-state index contributed by atoms with van der Waals surface area (Å²) in [6, 6.07) is 0. The van der Waals surface area contributed by atoms with Crippen LogP contribution in [0.4, 0.5) is 0 Å². The minimum atomic E-state index is -0.797. The zero-order valence-corrected chi connectivity index (χ0v) is 7.99. The highest BCUT2D eigenvalue weighted by molar-refractivity contribution is 5.70. The van der Waals surface area contributed by atoms with Crippen molar-refractivity contribution in [1.82, 2.24) is 0 Å². The van der Waals surface area contributed by atoms with Crippen LogP contribution >= 0.6 is 0 Å². The number of carboxylic acids is 1. The van der Waals surface area contributed by atoms with Gasteiger partial charge in [-0.05, 0) is 18.8 Å². The van der Waals surface area contributed by atoms with Gasteiger partial charge in [-0.3, -0.25) is 4.79 Å². The van der Waals surface area contributed by atoms with Crippen LogP contribution in [0.2, 0.25) is 0 Å². The number of allylic oxidation sites excluding steroid dienone is 1. The van der Waals surface area contributed by atoms with Gasteiger partial charge in [0.15, 0.2) is 0 Å². The molecule has 0 fully saturated rings. The molecule has 0 aromatic heterocycles. The molecule has 2 atom stereocenters. The summed E-state index contributed by atoms with van der Waals surface area (Å²) in [7, 11) is 0. The van der Waals surface area contributed by atoms with Crippen molar-refractivity contribution in [2.24, 2.45) is 11.8 Å². The third kappa shape index (κ3) is 5.08. The van der Waals surface area contributed by atoms with E-state index in [1.165, 1.54) is 0 Å². The topological polar surface area (TPSA) is 37.3 Å². The molecule has 0 aliphatic carbocycles. The molecular weight excluding hydrogens is 164 g/mol. The average molecular weight is 180 g/mol. The Morgan fingerprint density at radius 2 is 2.31 bits per heavy atom. The molecule has 2 heteroatoms. The predicted octanol–water partition coefficient (Wildman–Crippen LogP) is 2.31. The summed E-state index contributed by atoms with van der Waals surface area (Å²) in [6.45, 7) is 5.66. The van der Waals surface area contributed by atoms with Crippen molar-refractivity contribution in [3.63, 3.8) is 0 Å². The van der Waals surface area contributed by atoms with E-state index in [9.17, 15) is 4.79 Å². The van der Waals surface area contributed by atoms with Gasteiger partial charge in [-0.2, -0.15) is 0 Å². The molecule has 2 unspecified atom stereocenters. The normalized spacial score (nSPS) is 14.2. The summed E-state index contributed by atoms with van der Waals surface area (Å²) in [4.78, 5) is 10.7. The number of carbonyl (C=O) groups is 1. The Bertz CT molecular complexity index is 213. The number of carboxylic acid groups (broad SMARTS) is 1. The lowest BCUT2D eigenvalue weighted by molar-refractivity contribution is -0.141. The van der Waals surface area contributed by atoms with E-state index in [2.05, 4.69) is 12.5 Å². The quantitative estimate of drug-likeness (QED) is 0.503. The smallest absolute Gasteiger partial charge is 0.307 e. The molecule has 13 heavy (non-hydrogen) atoms. The van der Waals surface area contributed by atoms with E-state index in [0.717, 1.165) is 6.42 Å². The molecule has 0 spiro atoms. The number of aliphatic carboxylic acids is 1. The molecule has 0 aromatic carbocycles. The molecule has 0 aliphatic heterocycles. The predicted molar refractivity (Wildman–Crippen MR) is 53.2 cm³/mol. The molecule has 0 radical (unpaired) electrons. The second-order valence-corrected chi connectivity index (χ2v) is 3.23. The first-order valence-corrected chi connectivity index (χ1v) is 4.40. The van der Waals surface area contributed by atoms with Gasteiger partial charge in [0.1, 0.15) is 0 Å². The molecular formula is C11H16O2. The van der Waals surface area contributed by atoms with Gasteiger partial charge in [-0.1, -0.05) is 13.0 Å². The van der Waals surface area contributed by atoms with E-state index in [-0.39, 0.29) is 0 Å². The molecule has 0 saturated carbocycles. The second-order valence-electron chi connectivity index (χ2n) is 3.23. The van der Waals surface area contributed by atoms with Gasteiger partial charge in [-0.25, -0.2) is 0 Å². The summed E-state index contributed by atoms with van der Waals surface area (Å²) < 4.78 is 0. The van der Waals surface area contributed by atoms with Gasteiger partial charge in [0, 0.05) is 6.42 Å². The Hall–Kier alpha value is -1.23. The lowest BCUT2D eigenvalue weighted by atomic mass is 9.95. The van der Waals surface area contributed by atoms with Crippen LogP contribution < -0.4 is 0 Å². The van der Waals surface area contributed by atoms with Crippen molar-refractivity contribution in [2.75, 3.05) is 0 Å². The zero-order valence-electron chi connectivity index (χ0n) is 7.99. The first-order valence-electron chi connectivity index (χ1n) is 4.40. The van der Waals surface area contributed by atoms with E-state index in [4.69, 9.17) is 11.5 Å². The summed E-state index contributed by atoms with van der Waals surface area (Å²) in [5.41, 5.74) is 0. The summed E-state index contributed by atoms with van der Waals surface area (Å²) in [5, 5.41) is 8.77. The average Bonchev–Trinajstić information content (AvgIpc) is 2.11. The molecule has 2 nitrogen and oxygen atoms in total. The second kappa shape index (κ2) is 6.30. The van der Waals surface area contributed by atoms with Crippen LogP contribution in [0.25, 0.3) is 0 Å². The molecule has 0 saturated heterocycles. The van der Waals surface area contributed by atoms with E-state index < -0.39 is 11.9 Å². The highest BCUT2D eigenvalue weighted by Crippen LogP contribution is 2.16. The van der Waals surface area contributed by atoms with Crippen LogP contribution in [0.5, 0.6) is 0 Å². The summed E-state index contributed by atoms with van der Waals surface area (Å²) >= 11 is 0. The highest BCUT2D eigenvalue weighted by atomic mass is 16.4. The van der Waals surface area contributed by atoms with Crippen LogP contribution in [-0.2, 0) is 4.79 Å². The van der Waals surface area contributed by atoms with Gasteiger partial charge in [0.2, 0.25) is 0 Å². The number of terminal acetylenes is 1. The SMILES string of the molecule is C#CCC(CCC(C)C=C)C(=O)O. The van der Waals surface area contributed by atoms with Gasteiger partial charge in [-0.15, -0.1) is 18.9 Å². The third-order valence-electron chi connectivity index (χ3n) is 2.09. The molecule has 0 bridgehead atoms. The number of hydrogen-bond acceptors (Lipinski definition) is 1. The summed E-state index contributed by atoms with van der Waals surface area (Å²) in [6.07, 6.45) is 8.69. The zero-order chi connectivity index (χ0) is 10.3. The number of rotatable bonds is 6. The van der Waals surface area contributed by atoms with Crippen molar-refractivity contribution in [3.05, 3.63) is 12.7 Å². The van der Waals surface area contributed by atoms with Crippen LogP contribution in [-0.4, -0.2) is 11.1 Å². The maximum Gasteiger partial charge on any atom is 0.307 e. The van der Waals surface area contributed by atoms with Crippen molar-refractivity contribution < 1.29 is 9.90 Å². The Labute approximate surface area is 79.7 Å². The van der Waals surface area contributed by atoms with E-state index in [0.29, 0.717) is 18.8 Å². The van der Waals surface area contributed by atoms with Gasteiger partial charge in [0.05, 0.1) is 5.92 Å². The van der Waals surface area contributed by atoms with Crippen molar-refractivity contribution in [2.45, 2.75) is 26.2 Å². The Balaban J connectivity index is 3.90. The molecule has 0 amide bonds. The fraction of sp³-hybridized carbons (Fsp3) is 0.545. The molecule has 0 heterocycles. The van der Waals surface area contributed by atoms with Crippen molar-refractivity contribution >= 4 is 5.97 Å². The lowest BCUT2D eigenvalue weighted by Crippen LogP contribution is -2.13. The van der Waals surface area contributed by atoms with Crippen LogP contribution in [0.15, 0.2) is 12.7 Å². The van der Waals surface area contributed by atoms with Crippen molar-refractivity contribution in [3.8, 4) is 12.3 Å². The Morgan fingerprint density at radius 1 is 1.69 bits per heavy atom. The van der Waals surface area contributed by atoms with Gasteiger partial charge >= 0.3 is 5.97 Å². The van der Waals surface area contributed by atoms with E-state index in [1.54, 1.807) is 0 Å². The standard InChI is InChI=1S/C11H16O2/c1-4-6-10(11(12)13)8-7-9(3)5-2/h1,5,9-10H,2,6-8H2,3H3,(H,12,13). The van der Waals surface area contributed by atoms with Crippen LogP contribution in [0.1, 0.15) is 26.2 Å². The number of hydrogen-bond donors (Lipinski definition) is 1. The third-order valence-corrected chi connectivity index (χ3v) is 2.09. The monoisotopic (exact) mass is 180 g/mol. The molecule has 0 rings (SSSR count). The highest BCUT2D eigenvalue weighted by Gasteiger charge is 2.16. The van der Waals surface area contributed by atoms with Gasteiger partial charge in [0.25, 0.3) is 0 Å². The molecule has 1 N–H and O–H groups in total. The maximum atomic E-state index is 10.7. The van der Waals surface area contributed by atoms with Crippen molar-refractivity contribution in [1.29, 1.82) is 0 Å². The van der Waals surface area contributed by atoms with E-state index in [1.807, 2.05) is 13.0 Å². The molecule has 0 aliphatic rings. The minimum absolute atomic E-state index is 0.319. The fourth-order valence-electron chi connectivity index (χ4n) is 1.04. The largest absolute Gasteiger partial charge is 0.481 e. The van der Waals surface area contributed by atoms with Crippen LogP contribution in [0.3, 0.4) is 0 Å². The Kier molecular flexibility index (Phi) is 5.71. The maximum absolute atomic E-state index is 10.7.